The van der Waals surface area contributed by atoms with E-state index in [1.807, 2.05) is 0 Å². The van der Waals surface area contributed by atoms with E-state index in [-0.39, 0.29) is 29.7 Å². The molecule has 1 heterocycles. The zero-order valence-corrected chi connectivity index (χ0v) is 17.1. The van der Waals surface area contributed by atoms with Crippen LogP contribution in [0, 0.1) is 13.8 Å². The second-order valence-corrected chi connectivity index (χ2v) is 7.55. The summed E-state index contributed by atoms with van der Waals surface area (Å²) in [7, 11) is 0. The van der Waals surface area contributed by atoms with Crippen LogP contribution in [0.2, 0.25) is 5.02 Å². The molecule has 0 fully saturated rings. The van der Waals surface area contributed by atoms with Crippen LogP contribution in [0.5, 0.6) is 5.75 Å². The Bertz CT molecular complexity index is 1180. The van der Waals surface area contributed by atoms with Gasteiger partial charge in [0.25, 0.3) is 0 Å². The van der Waals surface area contributed by atoms with Crippen molar-refractivity contribution < 1.29 is 24.2 Å². The monoisotopic (exact) mass is 429 g/mol. The summed E-state index contributed by atoms with van der Waals surface area (Å²) in [4.78, 5) is 36.5. The molecule has 1 aromatic heterocycles. The molecule has 1 atom stereocenters. The Hall–Kier alpha value is -3.32. The van der Waals surface area contributed by atoms with Gasteiger partial charge in [0.05, 0.1) is 17.4 Å². The molecule has 8 heteroatoms. The summed E-state index contributed by atoms with van der Waals surface area (Å²) < 4.78 is 5.27. The van der Waals surface area contributed by atoms with Crippen molar-refractivity contribution in [2.75, 3.05) is 0 Å². The lowest BCUT2D eigenvalue weighted by Crippen LogP contribution is -2.43. The van der Waals surface area contributed by atoms with E-state index < -0.39 is 23.5 Å². The number of carboxylic acids is 1. The molecule has 3 aromatic rings. The summed E-state index contributed by atoms with van der Waals surface area (Å²) in [5.41, 5.74) is 1.41. The number of aryl methyl sites for hydroxylation is 2. The number of hydrogen-bond donors (Lipinski definition) is 3. The molecule has 0 radical (unpaired) electrons. The average molecular weight is 430 g/mol. The molecule has 7 nitrogen and oxygen atoms in total. The zero-order valence-electron chi connectivity index (χ0n) is 16.4. The van der Waals surface area contributed by atoms with E-state index in [9.17, 15) is 24.6 Å². The van der Waals surface area contributed by atoms with Gasteiger partial charge in [0.1, 0.15) is 17.4 Å². The van der Waals surface area contributed by atoms with Crippen LogP contribution in [0.1, 0.15) is 22.3 Å². The fraction of sp³-hybridized carbons (Fsp3) is 0.227. The lowest BCUT2D eigenvalue weighted by atomic mass is 10.0. The van der Waals surface area contributed by atoms with Gasteiger partial charge in [0.15, 0.2) is 0 Å². The molecular weight excluding hydrogens is 410 g/mol. The molecule has 3 rings (SSSR count). The first-order valence-corrected chi connectivity index (χ1v) is 9.56. The van der Waals surface area contributed by atoms with Gasteiger partial charge in [-0.25, -0.2) is 9.59 Å². The van der Waals surface area contributed by atoms with Crippen molar-refractivity contribution in [2.45, 2.75) is 32.7 Å². The third-order valence-electron chi connectivity index (χ3n) is 4.83. The Morgan fingerprint density at radius 2 is 1.83 bits per heavy atom. The lowest BCUT2D eigenvalue weighted by Gasteiger charge is -2.15. The Morgan fingerprint density at radius 3 is 2.47 bits per heavy atom. The van der Waals surface area contributed by atoms with Gasteiger partial charge >= 0.3 is 11.6 Å². The van der Waals surface area contributed by atoms with Crippen molar-refractivity contribution >= 4 is 34.4 Å². The largest absolute Gasteiger partial charge is 0.507 e. The Kier molecular flexibility index (Phi) is 6.12. The summed E-state index contributed by atoms with van der Waals surface area (Å²) >= 11 is 5.83. The van der Waals surface area contributed by atoms with Crippen LogP contribution in [0.4, 0.5) is 0 Å². The summed E-state index contributed by atoms with van der Waals surface area (Å²) in [6.45, 7) is 3.36. The molecule has 0 aliphatic carbocycles. The van der Waals surface area contributed by atoms with Crippen molar-refractivity contribution in [1.82, 2.24) is 5.32 Å². The SMILES string of the molecule is Cc1cc(O)c2c(C)c(CC(=O)N[C@H](Cc3ccc(Cl)cc3)C(=O)O)c(=O)oc2c1. The van der Waals surface area contributed by atoms with Crippen molar-refractivity contribution in [2.24, 2.45) is 0 Å². The Morgan fingerprint density at radius 1 is 1.17 bits per heavy atom. The number of rotatable bonds is 6. The van der Waals surface area contributed by atoms with E-state index in [1.54, 1.807) is 44.2 Å². The number of hydrogen-bond acceptors (Lipinski definition) is 5. The maximum Gasteiger partial charge on any atom is 0.340 e. The molecule has 156 valence electrons. The number of carbonyl (C=O) groups excluding carboxylic acids is 1. The fourth-order valence-electron chi connectivity index (χ4n) is 3.32. The Labute approximate surface area is 176 Å². The van der Waals surface area contributed by atoms with E-state index in [0.29, 0.717) is 21.5 Å². The minimum Gasteiger partial charge on any atom is -0.507 e. The van der Waals surface area contributed by atoms with Crippen molar-refractivity contribution in [3.05, 3.63) is 74.1 Å². The van der Waals surface area contributed by atoms with E-state index in [2.05, 4.69) is 5.32 Å². The van der Waals surface area contributed by atoms with Crippen LogP contribution in [0.3, 0.4) is 0 Å². The van der Waals surface area contributed by atoms with Gasteiger partial charge in [-0.3, -0.25) is 4.79 Å². The quantitative estimate of drug-likeness (QED) is 0.518. The number of phenolic OH excluding ortho intramolecular Hbond substituents is 1. The fourth-order valence-corrected chi connectivity index (χ4v) is 3.45. The van der Waals surface area contributed by atoms with Gasteiger partial charge in [-0.15, -0.1) is 0 Å². The van der Waals surface area contributed by atoms with Gasteiger partial charge in [-0.1, -0.05) is 23.7 Å². The minimum absolute atomic E-state index is 0.0564. The molecule has 0 saturated heterocycles. The van der Waals surface area contributed by atoms with Crippen LogP contribution in [0.15, 0.2) is 45.6 Å². The van der Waals surface area contributed by atoms with Gasteiger partial charge in [0.2, 0.25) is 5.91 Å². The molecule has 0 unspecified atom stereocenters. The second-order valence-electron chi connectivity index (χ2n) is 7.12. The molecular formula is C22H20ClNO6. The molecule has 0 aliphatic rings. The number of carboxylic acid groups (broad SMARTS) is 1. The van der Waals surface area contributed by atoms with Crippen LogP contribution in [-0.2, 0) is 22.4 Å². The van der Waals surface area contributed by atoms with E-state index in [4.69, 9.17) is 16.0 Å². The van der Waals surface area contributed by atoms with E-state index in [1.165, 1.54) is 6.07 Å². The van der Waals surface area contributed by atoms with E-state index in [0.717, 1.165) is 5.56 Å². The molecule has 0 bridgehead atoms. The lowest BCUT2D eigenvalue weighted by molar-refractivity contribution is -0.141. The molecule has 0 saturated carbocycles. The number of aliphatic carboxylic acids is 1. The number of fused-ring (bicyclic) bond motifs is 1. The molecule has 30 heavy (non-hydrogen) atoms. The number of amides is 1. The molecule has 3 N–H and O–H groups in total. The maximum absolute atomic E-state index is 12.5. The highest BCUT2D eigenvalue weighted by Gasteiger charge is 2.23. The predicted molar refractivity (Wildman–Crippen MR) is 112 cm³/mol. The molecule has 0 aliphatic heterocycles. The highest BCUT2D eigenvalue weighted by atomic mass is 35.5. The summed E-state index contributed by atoms with van der Waals surface area (Å²) in [6.07, 6.45) is -0.314. The number of halogens is 1. The summed E-state index contributed by atoms with van der Waals surface area (Å²) in [5, 5.41) is 23.0. The molecule has 2 aromatic carbocycles. The first-order chi connectivity index (χ1) is 14.2. The number of aromatic hydroxyl groups is 1. The van der Waals surface area contributed by atoms with Gasteiger partial charge in [-0.2, -0.15) is 0 Å². The number of phenols is 1. The summed E-state index contributed by atoms with van der Waals surface area (Å²) in [5.74, 6) is -1.90. The topological polar surface area (TPSA) is 117 Å². The van der Waals surface area contributed by atoms with Crippen LogP contribution in [0.25, 0.3) is 11.0 Å². The standard InChI is InChI=1S/C22H20ClNO6/c1-11-7-17(25)20-12(2)15(22(29)30-18(20)8-11)10-19(26)24-16(21(27)28)9-13-3-5-14(23)6-4-13/h3-8,16,25H,9-10H2,1-2H3,(H,24,26)(H,27,28)/t16-/m1/s1. The summed E-state index contributed by atoms with van der Waals surface area (Å²) in [6, 6.07) is 8.60. The molecule has 0 spiro atoms. The average Bonchev–Trinajstić information content (AvgIpc) is 2.65. The smallest absolute Gasteiger partial charge is 0.340 e. The van der Waals surface area contributed by atoms with Gasteiger partial charge in [0, 0.05) is 11.4 Å². The van der Waals surface area contributed by atoms with Crippen LogP contribution in [-0.4, -0.2) is 28.1 Å². The van der Waals surface area contributed by atoms with Crippen molar-refractivity contribution in [1.29, 1.82) is 0 Å². The number of carbonyl (C=O) groups is 2. The minimum atomic E-state index is -1.20. The van der Waals surface area contributed by atoms with Crippen molar-refractivity contribution in [3.63, 3.8) is 0 Å². The van der Waals surface area contributed by atoms with Crippen LogP contribution < -0.4 is 10.9 Å². The second kappa shape index (κ2) is 8.59. The first kappa shape index (κ1) is 21.4. The zero-order chi connectivity index (χ0) is 22.0. The maximum atomic E-state index is 12.5. The van der Waals surface area contributed by atoms with Gasteiger partial charge in [-0.05, 0) is 54.8 Å². The molecule has 1 amide bonds. The normalized spacial score (nSPS) is 12.0. The third kappa shape index (κ3) is 4.63. The third-order valence-corrected chi connectivity index (χ3v) is 5.08. The van der Waals surface area contributed by atoms with Crippen LogP contribution >= 0.6 is 11.6 Å². The van der Waals surface area contributed by atoms with Crippen molar-refractivity contribution in [3.8, 4) is 5.75 Å². The highest BCUT2D eigenvalue weighted by molar-refractivity contribution is 6.30. The highest BCUT2D eigenvalue weighted by Crippen LogP contribution is 2.29. The Balaban J connectivity index is 1.83. The van der Waals surface area contributed by atoms with Gasteiger partial charge < -0.3 is 19.9 Å². The first-order valence-electron chi connectivity index (χ1n) is 9.18. The number of nitrogens with one attached hydrogen (secondary N) is 1. The predicted octanol–water partition coefficient (Wildman–Crippen LogP) is 3.12. The van der Waals surface area contributed by atoms with E-state index >= 15 is 0 Å². The number of benzene rings is 2.